The zero-order valence-corrected chi connectivity index (χ0v) is 9.91. The van der Waals surface area contributed by atoms with Crippen molar-refractivity contribution in [1.82, 2.24) is 9.55 Å². The van der Waals surface area contributed by atoms with Gasteiger partial charge in [-0.3, -0.25) is 0 Å². The van der Waals surface area contributed by atoms with Crippen molar-refractivity contribution in [2.45, 2.75) is 63.5 Å². The van der Waals surface area contributed by atoms with Crippen LogP contribution in [0.2, 0.25) is 0 Å². The number of hydrogen-bond acceptors (Lipinski definition) is 2. The van der Waals surface area contributed by atoms with Gasteiger partial charge in [0.25, 0.3) is 0 Å². The average molecular weight is 219 g/mol. The largest absolute Gasteiger partial charge is 0.335 e. The van der Waals surface area contributed by atoms with Crippen molar-refractivity contribution in [2.75, 3.05) is 0 Å². The number of hydrogen-bond donors (Lipinski definition) is 1. The van der Waals surface area contributed by atoms with Crippen LogP contribution >= 0.6 is 0 Å². The first-order valence-electron chi connectivity index (χ1n) is 6.59. The highest BCUT2D eigenvalue weighted by molar-refractivity contribution is 5.09. The quantitative estimate of drug-likeness (QED) is 0.845. The number of imidazole rings is 1. The lowest BCUT2D eigenvalue weighted by atomic mass is 10.1. The van der Waals surface area contributed by atoms with E-state index in [9.17, 15) is 0 Å². The molecule has 0 bridgehead atoms. The van der Waals surface area contributed by atoms with Gasteiger partial charge in [-0.05, 0) is 38.5 Å². The van der Waals surface area contributed by atoms with E-state index < -0.39 is 0 Å². The molecule has 3 nitrogen and oxygen atoms in total. The standard InChI is InChI=1S/C13H21N3/c14-13(7-8-13)6-5-11-10-16-9-3-1-2-4-12(16)15-11/h10H,1-9,14H2. The highest BCUT2D eigenvalue weighted by Gasteiger charge is 2.37. The van der Waals surface area contributed by atoms with E-state index in [1.165, 1.54) is 43.6 Å². The average Bonchev–Trinajstić information content (AvgIpc) is 2.95. The molecule has 16 heavy (non-hydrogen) atoms. The first-order chi connectivity index (χ1) is 7.75. The molecule has 0 unspecified atom stereocenters. The molecular weight excluding hydrogens is 198 g/mol. The van der Waals surface area contributed by atoms with E-state index in [0.717, 1.165) is 25.8 Å². The Balaban J connectivity index is 1.66. The van der Waals surface area contributed by atoms with E-state index in [-0.39, 0.29) is 5.54 Å². The van der Waals surface area contributed by atoms with Crippen LogP contribution in [0.1, 0.15) is 50.0 Å². The van der Waals surface area contributed by atoms with Gasteiger partial charge in [0.1, 0.15) is 5.82 Å². The molecular formula is C13H21N3. The summed E-state index contributed by atoms with van der Waals surface area (Å²) in [7, 11) is 0. The second kappa shape index (κ2) is 3.88. The third kappa shape index (κ3) is 2.14. The first-order valence-corrected chi connectivity index (χ1v) is 6.59. The van der Waals surface area contributed by atoms with E-state index in [4.69, 9.17) is 10.7 Å². The molecule has 0 atom stereocenters. The van der Waals surface area contributed by atoms with Crippen molar-refractivity contribution in [3.05, 3.63) is 17.7 Å². The maximum Gasteiger partial charge on any atom is 0.108 e. The van der Waals surface area contributed by atoms with Crippen molar-refractivity contribution in [2.24, 2.45) is 5.73 Å². The van der Waals surface area contributed by atoms with Crippen LogP contribution in [0.5, 0.6) is 0 Å². The summed E-state index contributed by atoms with van der Waals surface area (Å²) in [5, 5.41) is 0. The van der Waals surface area contributed by atoms with Crippen LogP contribution in [0.25, 0.3) is 0 Å². The summed E-state index contributed by atoms with van der Waals surface area (Å²) in [6, 6.07) is 0. The summed E-state index contributed by atoms with van der Waals surface area (Å²) in [5.41, 5.74) is 7.53. The SMILES string of the molecule is NC1(CCc2cn3c(n2)CCCCC3)CC1. The number of aryl methyl sites for hydroxylation is 3. The van der Waals surface area contributed by atoms with E-state index in [1.807, 2.05) is 0 Å². The lowest BCUT2D eigenvalue weighted by Gasteiger charge is -2.05. The number of rotatable bonds is 3. The molecule has 0 amide bonds. The Morgan fingerprint density at radius 2 is 2.19 bits per heavy atom. The van der Waals surface area contributed by atoms with Gasteiger partial charge in [-0.25, -0.2) is 4.98 Å². The van der Waals surface area contributed by atoms with Gasteiger partial charge in [-0.1, -0.05) is 6.42 Å². The molecule has 3 rings (SSSR count). The fraction of sp³-hybridized carbons (Fsp3) is 0.769. The van der Waals surface area contributed by atoms with Crippen LogP contribution < -0.4 is 5.73 Å². The molecule has 1 aromatic rings. The lowest BCUT2D eigenvalue weighted by molar-refractivity contribution is 0.601. The summed E-state index contributed by atoms with van der Waals surface area (Å²) >= 11 is 0. The molecule has 2 heterocycles. The smallest absolute Gasteiger partial charge is 0.108 e. The molecule has 2 aliphatic rings. The third-order valence-corrected chi connectivity index (χ3v) is 3.98. The zero-order chi connectivity index (χ0) is 11.0. The number of nitrogens with two attached hydrogens (primary N) is 1. The normalized spacial score (nSPS) is 22.6. The molecule has 3 heteroatoms. The summed E-state index contributed by atoms with van der Waals surface area (Å²) in [4.78, 5) is 4.75. The Hall–Kier alpha value is -0.830. The highest BCUT2D eigenvalue weighted by Crippen LogP contribution is 2.36. The molecule has 0 aromatic carbocycles. The monoisotopic (exact) mass is 219 g/mol. The molecule has 0 radical (unpaired) electrons. The second-order valence-corrected chi connectivity index (χ2v) is 5.51. The first kappa shape index (κ1) is 10.3. The number of fused-ring (bicyclic) bond motifs is 1. The molecule has 2 N–H and O–H groups in total. The second-order valence-electron chi connectivity index (χ2n) is 5.51. The predicted octanol–water partition coefficient (Wildman–Crippen LogP) is 2.03. The van der Waals surface area contributed by atoms with Crippen LogP contribution in [0, 0.1) is 0 Å². The van der Waals surface area contributed by atoms with E-state index in [0.29, 0.717) is 0 Å². The van der Waals surface area contributed by atoms with Crippen LogP contribution in [0.15, 0.2) is 6.20 Å². The van der Waals surface area contributed by atoms with Gasteiger partial charge in [0.15, 0.2) is 0 Å². The molecule has 88 valence electrons. The number of aromatic nitrogens is 2. The van der Waals surface area contributed by atoms with Crippen LogP contribution in [-0.4, -0.2) is 15.1 Å². The van der Waals surface area contributed by atoms with Crippen molar-refractivity contribution in [3.63, 3.8) is 0 Å². The van der Waals surface area contributed by atoms with Crippen molar-refractivity contribution in [1.29, 1.82) is 0 Å². The van der Waals surface area contributed by atoms with Crippen LogP contribution in [0.4, 0.5) is 0 Å². The molecule has 1 fully saturated rings. The Kier molecular flexibility index (Phi) is 2.51. The van der Waals surface area contributed by atoms with Gasteiger partial charge < -0.3 is 10.3 Å². The molecule has 0 saturated heterocycles. The summed E-state index contributed by atoms with van der Waals surface area (Å²) < 4.78 is 2.36. The Morgan fingerprint density at radius 1 is 1.31 bits per heavy atom. The zero-order valence-electron chi connectivity index (χ0n) is 9.91. The van der Waals surface area contributed by atoms with E-state index in [1.54, 1.807) is 0 Å². The van der Waals surface area contributed by atoms with Gasteiger partial charge in [0.05, 0.1) is 5.69 Å². The minimum atomic E-state index is 0.168. The van der Waals surface area contributed by atoms with Gasteiger partial charge >= 0.3 is 0 Å². The fourth-order valence-electron chi connectivity index (χ4n) is 2.56. The van der Waals surface area contributed by atoms with E-state index in [2.05, 4.69) is 10.8 Å². The molecule has 1 aliphatic carbocycles. The van der Waals surface area contributed by atoms with Crippen molar-refractivity contribution in [3.8, 4) is 0 Å². The Labute approximate surface area is 97.0 Å². The minimum absolute atomic E-state index is 0.168. The Morgan fingerprint density at radius 3 is 3.00 bits per heavy atom. The van der Waals surface area contributed by atoms with Gasteiger partial charge in [0, 0.05) is 24.7 Å². The summed E-state index contributed by atoms with van der Waals surface area (Å²) in [6.07, 6.45) is 12.0. The van der Waals surface area contributed by atoms with E-state index >= 15 is 0 Å². The fourth-order valence-corrected chi connectivity index (χ4v) is 2.56. The molecule has 0 spiro atoms. The summed E-state index contributed by atoms with van der Waals surface area (Å²) in [6.45, 7) is 1.16. The molecule has 1 saturated carbocycles. The van der Waals surface area contributed by atoms with Gasteiger partial charge in [-0.2, -0.15) is 0 Å². The maximum absolute atomic E-state index is 6.11. The topological polar surface area (TPSA) is 43.8 Å². The number of nitrogens with zero attached hydrogens (tertiary/aromatic N) is 2. The van der Waals surface area contributed by atoms with Gasteiger partial charge in [0.2, 0.25) is 0 Å². The van der Waals surface area contributed by atoms with Gasteiger partial charge in [-0.15, -0.1) is 0 Å². The van der Waals surface area contributed by atoms with Crippen molar-refractivity contribution >= 4 is 0 Å². The predicted molar refractivity (Wildman–Crippen MR) is 64.3 cm³/mol. The van der Waals surface area contributed by atoms with Crippen molar-refractivity contribution < 1.29 is 0 Å². The van der Waals surface area contributed by atoms with Crippen LogP contribution in [0.3, 0.4) is 0 Å². The lowest BCUT2D eigenvalue weighted by Crippen LogP contribution is -2.22. The highest BCUT2D eigenvalue weighted by atomic mass is 15.1. The molecule has 1 aromatic heterocycles. The Bertz CT molecular complexity index is 353. The van der Waals surface area contributed by atoms with Crippen LogP contribution in [-0.2, 0) is 19.4 Å². The minimum Gasteiger partial charge on any atom is -0.335 e. The summed E-state index contributed by atoms with van der Waals surface area (Å²) in [5.74, 6) is 1.30. The maximum atomic E-state index is 6.11. The third-order valence-electron chi connectivity index (χ3n) is 3.98. The molecule has 1 aliphatic heterocycles.